The lowest BCUT2D eigenvalue weighted by molar-refractivity contribution is 0.450. The first kappa shape index (κ1) is 6.22. The normalized spacial score (nSPS) is 10.6. The zero-order valence-corrected chi connectivity index (χ0v) is 6.16. The molecule has 0 spiro atoms. The Kier molecular flexibility index (Phi) is 1.12. The minimum atomic E-state index is 0.723. The molecule has 0 unspecified atom stereocenters. The first-order valence-corrected chi connectivity index (χ1v) is 3.39. The van der Waals surface area contributed by atoms with Gasteiger partial charge in [-0.3, -0.25) is 0 Å². The van der Waals surface area contributed by atoms with Crippen LogP contribution in [0.5, 0.6) is 0 Å². The molecule has 2 aromatic rings. The lowest BCUT2D eigenvalue weighted by Gasteiger charge is -1.91. The van der Waals surface area contributed by atoms with E-state index in [9.17, 15) is 0 Å². The van der Waals surface area contributed by atoms with E-state index in [1.54, 1.807) is 0 Å². The Hall–Kier alpha value is -1.51. The second-order valence-corrected chi connectivity index (χ2v) is 2.49. The fourth-order valence-corrected chi connectivity index (χ4v) is 1.17. The van der Waals surface area contributed by atoms with E-state index in [0.29, 0.717) is 0 Å². The number of hydrogen-bond donors (Lipinski definition) is 1. The van der Waals surface area contributed by atoms with Gasteiger partial charge in [-0.15, -0.1) is 0 Å². The van der Waals surface area contributed by atoms with Gasteiger partial charge in [0, 0.05) is 5.69 Å². The van der Waals surface area contributed by atoms with Crippen molar-refractivity contribution >= 4 is 16.7 Å². The molecule has 0 bridgehead atoms. The number of anilines is 1. The van der Waals surface area contributed by atoms with Gasteiger partial charge in [-0.05, 0) is 19.1 Å². The van der Waals surface area contributed by atoms with Crippen LogP contribution < -0.4 is 5.73 Å². The standard InChI is InChI=1S/C8H8N2O/c1-5-8-6(9)3-2-4-7(8)11-10-5/h2-4H,9H2,1H3. The van der Waals surface area contributed by atoms with Gasteiger partial charge in [0.05, 0.1) is 11.1 Å². The highest BCUT2D eigenvalue weighted by Gasteiger charge is 2.05. The molecule has 0 saturated heterocycles. The smallest absolute Gasteiger partial charge is 0.169 e. The van der Waals surface area contributed by atoms with Crippen molar-refractivity contribution in [3.8, 4) is 0 Å². The second kappa shape index (κ2) is 1.99. The summed E-state index contributed by atoms with van der Waals surface area (Å²) in [4.78, 5) is 0. The minimum absolute atomic E-state index is 0.723. The van der Waals surface area contributed by atoms with Crippen LogP contribution in [-0.2, 0) is 0 Å². The molecule has 3 heteroatoms. The molecule has 0 fully saturated rings. The average molecular weight is 148 g/mol. The fourth-order valence-electron chi connectivity index (χ4n) is 1.17. The average Bonchev–Trinajstić information content (AvgIpc) is 2.34. The van der Waals surface area contributed by atoms with Crippen molar-refractivity contribution in [1.82, 2.24) is 5.16 Å². The molecular weight excluding hydrogens is 140 g/mol. The molecule has 3 nitrogen and oxygen atoms in total. The third-order valence-corrected chi connectivity index (χ3v) is 1.70. The third-order valence-electron chi connectivity index (χ3n) is 1.70. The Morgan fingerprint density at radius 3 is 3.00 bits per heavy atom. The molecule has 2 rings (SSSR count). The number of nitrogens with zero attached hydrogens (tertiary/aromatic N) is 1. The van der Waals surface area contributed by atoms with E-state index in [1.165, 1.54) is 0 Å². The van der Waals surface area contributed by atoms with Gasteiger partial charge in [-0.1, -0.05) is 11.2 Å². The Morgan fingerprint density at radius 1 is 1.45 bits per heavy atom. The molecule has 2 N–H and O–H groups in total. The topological polar surface area (TPSA) is 52.0 Å². The van der Waals surface area contributed by atoms with Crippen LogP contribution in [0.3, 0.4) is 0 Å². The highest BCUT2D eigenvalue weighted by molar-refractivity contribution is 5.90. The van der Waals surface area contributed by atoms with Crippen molar-refractivity contribution in [3.63, 3.8) is 0 Å². The van der Waals surface area contributed by atoms with E-state index >= 15 is 0 Å². The molecular formula is C8H8N2O. The van der Waals surface area contributed by atoms with Crippen LogP contribution in [0.2, 0.25) is 0 Å². The Bertz CT molecular complexity index is 392. The lowest BCUT2D eigenvalue weighted by Crippen LogP contribution is -1.84. The first-order chi connectivity index (χ1) is 5.29. The maximum absolute atomic E-state index is 5.70. The highest BCUT2D eigenvalue weighted by atomic mass is 16.5. The Labute approximate surface area is 63.8 Å². The number of benzene rings is 1. The quantitative estimate of drug-likeness (QED) is 0.578. The van der Waals surface area contributed by atoms with Gasteiger partial charge < -0.3 is 10.3 Å². The summed E-state index contributed by atoms with van der Waals surface area (Å²) in [6.07, 6.45) is 0. The van der Waals surface area contributed by atoms with Gasteiger partial charge in [0.25, 0.3) is 0 Å². The Morgan fingerprint density at radius 2 is 2.27 bits per heavy atom. The van der Waals surface area contributed by atoms with Crippen LogP contribution in [0.4, 0.5) is 5.69 Å². The van der Waals surface area contributed by atoms with Gasteiger partial charge in [0.15, 0.2) is 5.58 Å². The molecule has 0 radical (unpaired) electrons. The Balaban J connectivity index is 2.96. The maximum Gasteiger partial charge on any atom is 0.169 e. The number of hydrogen-bond acceptors (Lipinski definition) is 3. The molecule has 0 atom stereocenters. The van der Waals surface area contributed by atoms with E-state index in [-0.39, 0.29) is 0 Å². The van der Waals surface area contributed by atoms with Crippen molar-refractivity contribution in [2.75, 3.05) is 5.73 Å². The molecule has 1 aromatic heterocycles. The summed E-state index contributed by atoms with van der Waals surface area (Å²) < 4.78 is 5.00. The molecule has 1 heterocycles. The van der Waals surface area contributed by atoms with Gasteiger partial charge in [0.1, 0.15) is 0 Å². The monoisotopic (exact) mass is 148 g/mol. The molecule has 11 heavy (non-hydrogen) atoms. The van der Waals surface area contributed by atoms with Crippen LogP contribution in [-0.4, -0.2) is 5.16 Å². The highest BCUT2D eigenvalue weighted by Crippen LogP contribution is 2.23. The summed E-state index contributed by atoms with van der Waals surface area (Å²) in [5.74, 6) is 0. The molecule has 0 amide bonds. The van der Waals surface area contributed by atoms with Gasteiger partial charge in [-0.25, -0.2) is 0 Å². The number of aryl methyl sites for hydroxylation is 1. The van der Waals surface area contributed by atoms with Crippen molar-refractivity contribution in [2.45, 2.75) is 6.92 Å². The number of nitrogen functional groups attached to an aromatic ring is 1. The van der Waals surface area contributed by atoms with Crippen molar-refractivity contribution < 1.29 is 4.52 Å². The van der Waals surface area contributed by atoms with E-state index in [4.69, 9.17) is 10.3 Å². The molecule has 0 aliphatic heterocycles. The third kappa shape index (κ3) is 0.774. The SMILES string of the molecule is Cc1noc2cccc(N)c12. The van der Waals surface area contributed by atoms with Crippen molar-refractivity contribution in [2.24, 2.45) is 0 Å². The molecule has 1 aromatic carbocycles. The van der Waals surface area contributed by atoms with E-state index in [1.807, 2.05) is 25.1 Å². The maximum atomic E-state index is 5.70. The first-order valence-electron chi connectivity index (χ1n) is 3.39. The number of rotatable bonds is 0. The second-order valence-electron chi connectivity index (χ2n) is 2.49. The van der Waals surface area contributed by atoms with E-state index in [0.717, 1.165) is 22.4 Å². The van der Waals surface area contributed by atoms with Crippen molar-refractivity contribution in [3.05, 3.63) is 23.9 Å². The summed E-state index contributed by atoms with van der Waals surface area (Å²) in [7, 11) is 0. The van der Waals surface area contributed by atoms with Gasteiger partial charge in [0.2, 0.25) is 0 Å². The van der Waals surface area contributed by atoms with Crippen LogP contribution >= 0.6 is 0 Å². The van der Waals surface area contributed by atoms with Crippen LogP contribution in [0.15, 0.2) is 22.7 Å². The fraction of sp³-hybridized carbons (Fsp3) is 0.125. The molecule has 0 aliphatic rings. The molecule has 0 aliphatic carbocycles. The summed E-state index contributed by atoms with van der Waals surface area (Å²) in [6, 6.07) is 5.54. The summed E-state index contributed by atoms with van der Waals surface area (Å²) in [6.45, 7) is 1.88. The molecule has 56 valence electrons. The summed E-state index contributed by atoms with van der Waals surface area (Å²) in [5, 5.41) is 4.73. The minimum Gasteiger partial charge on any atom is -0.398 e. The largest absolute Gasteiger partial charge is 0.398 e. The predicted octanol–water partition coefficient (Wildman–Crippen LogP) is 1.72. The predicted molar refractivity (Wildman–Crippen MR) is 43.2 cm³/mol. The number of nitrogens with two attached hydrogens (primary N) is 1. The van der Waals surface area contributed by atoms with Gasteiger partial charge in [-0.2, -0.15) is 0 Å². The molecule has 0 saturated carbocycles. The number of fused-ring (bicyclic) bond motifs is 1. The zero-order valence-electron chi connectivity index (χ0n) is 6.16. The van der Waals surface area contributed by atoms with Crippen molar-refractivity contribution in [1.29, 1.82) is 0 Å². The van der Waals surface area contributed by atoms with Crippen LogP contribution in [0, 0.1) is 6.92 Å². The zero-order chi connectivity index (χ0) is 7.84. The number of aromatic nitrogens is 1. The van der Waals surface area contributed by atoms with Gasteiger partial charge >= 0.3 is 0 Å². The summed E-state index contributed by atoms with van der Waals surface area (Å²) >= 11 is 0. The van der Waals surface area contributed by atoms with Crippen LogP contribution in [0.25, 0.3) is 11.0 Å². The summed E-state index contributed by atoms with van der Waals surface area (Å²) in [5.41, 5.74) is 8.02. The van der Waals surface area contributed by atoms with E-state index in [2.05, 4.69) is 5.16 Å². The van der Waals surface area contributed by atoms with E-state index < -0.39 is 0 Å². The lowest BCUT2D eigenvalue weighted by atomic mass is 10.2. The van der Waals surface area contributed by atoms with Crippen LogP contribution in [0.1, 0.15) is 5.69 Å².